The molecular formula is C26H32ClN5S. The Morgan fingerprint density at radius 1 is 1.15 bits per heavy atom. The average molecular weight is 482 g/mol. The lowest BCUT2D eigenvalue weighted by atomic mass is 9.81. The second-order valence-corrected chi connectivity index (χ2v) is 10.9. The number of nitrogens with one attached hydrogen (secondary N) is 1. The first-order chi connectivity index (χ1) is 15.5. The summed E-state index contributed by atoms with van der Waals surface area (Å²) in [5, 5.41) is 3.47. The third kappa shape index (κ3) is 3.86. The molecule has 0 saturated carbocycles. The lowest BCUT2D eigenvalue weighted by Crippen LogP contribution is -2.54. The highest BCUT2D eigenvalue weighted by atomic mass is 35.5. The van der Waals surface area contributed by atoms with E-state index in [4.69, 9.17) is 9.97 Å². The van der Waals surface area contributed by atoms with Gasteiger partial charge in [0.15, 0.2) is 0 Å². The first-order valence-electron chi connectivity index (χ1n) is 11.8. The van der Waals surface area contributed by atoms with Gasteiger partial charge >= 0.3 is 0 Å². The Hall–Kier alpha value is -2.02. The van der Waals surface area contributed by atoms with Crippen molar-refractivity contribution >= 4 is 29.7 Å². The van der Waals surface area contributed by atoms with Gasteiger partial charge in [-0.15, -0.1) is 23.7 Å². The number of rotatable bonds is 3. The van der Waals surface area contributed by atoms with Crippen molar-refractivity contribution in [2.75, 3.05) is 31.1 Å². The van der Waals surface area contributed by atoms with Crippen molar-refractivity contribution in [3.05, 3.63) is 56.7 Å². The van der Waals surface area contributed by atoms with Crippen LogP contribution in [0.3, 0.4) is 0 Å². The molecule has 174 valence electrons. The highest BCUT2D eigenvalue weighted by Crippen LogP contribution is 2.41. The van der Waals surface area contributed by atoms with E-state index < -0.39 is 0 Å². The quantitative estimate of drug-likeness (QED) is 0.569. The summed E-state index contributed by atoms with van der Waals surface area (Å²) in [7, 11) is 0. The van der Waals surface area contributed by atoms with Crippen LogP contribution in [0.25, 0.3) is 11.3 Å². The minimum Gasteiger partial charge on any atom is -0.340 e. The predicted molar refractivity (Wildman–Crippen MR) is 138 cm³/mol. The van der Waals surface area contributed by atoms with Gasteiger partial charge in [0.05, 0.1) is 22.6 Å². The van der Waals surface area contributed by atoms with Gasteiger partial charge in [0, 0.05) is 53.5 Å². The van der Waals surface area contributed by atoms with Crippen molar-refractivity contribution in [1.82, 2.24) is 20.3 Å². The Labute approximate surface area is 206 Å². The molecule has 3 aliphatic rings. The monoisotopic (exact) mass is 481 g/mol. The summed E-state index contributed by atoms with van der Waals surface area (Å²) in [5.41, 5.74) is 11.3. The highest BCUT2D eigenvalue weighted by molar-refractivity contribution is 7.09. The van der Waals surface area contributed by atoms with Gasteiger partial charge in [-0.25, -0.2) is 15.0 Å². The normalized spacial score (nSPS) is 20.9. The van der Waals surface area contributed by atoms with Crippen LogP contribution in [-0.4, -0.2) is 41.1 Å². The fourth-order valence-corrected chi connectivity index (χ4v) is 6.72. The highest BCUT2D eigenvalue weighted by Gasteiger charge is 2.44. The van der Waals surface area contributed by atoms with Gasteiger partial charge in [-0.05, 0) is 57.6 Å². The molecule has 5 nitrogen and oxygen atoms in total. The number of anilines is 1. The van der Waals surface area contributed by atoms with Gasteiger partial charge in [-0.2, -0.15) is 0 Å². The zero-order chi connectivity index (χ0) is 21.9. The molecular weight excluding hydrogens is 450 g/mol. The second-order valence-electron chi connectivity index (χ2n) is 10.1. The van der Waals surface area contributed by atoms with Crippen LogP contribution in [0.4, 0.5) is 5.95 Å². The largest absolute Gasteiger partial charge is 0.340 e. The molecule has 1 N–H and O–H groups in total. The van der Waals surface area contributed by atoms with E-state index >= 15 is 0 Å². The van der Waals surface area contributed by atoms with Gasteiger partial charge in [0.2, 0.25) is 5.95 Å². The molecule has 1 aliphatic carbocycles. The Bertz CT molecular complexity index is 1190. The third-order valence-electron chi connectivity index (χ3n) is 8.00. The number of hydrogen-bond donors (Lipinski definition) is 1. The summed E-state index contributed by atoms with van der Waals surface area (Å²) in [6.07, 6.45) is 4.41. The Morgan fingerprint density at radius 3 is 2.70 bits per heavy atom. The molecule has 4 heterocycles. The lowest BCUT2D eigenvalue weighted by molar-refractivity contribution is 0.199. The van der Waals surface area contributed by atoms with E-state index in [0.717, 1.165) is 51.4 Å². The number of nitrogens with zero attached hydrogens (tertiary/aromatic N) is 4. The summed E-state index contributed by atoms with van der Waals surface area (Å²) in [6.45, 7) is 11.0. The molecule has 3 aromatic rings. The maximum absolute atomic E-state index is 5.25. The molecule has 7 heteroatoms. The van der Waals surface area contributed by atoms with Crippen molar-refractivity contribution < 1.29 is 0 Å². The maximum Gasteiger partial charge on any atom is 0.226 e. The van der Waals surface area contributed by atoms with Crippen LogP contribution < -0.4 is 10.2 Å². The molecule has 0 unspecified atom stereocenters. The number of hydrogen-bond acceptors (Lipinski definition) is 6. The second kappa shape index (κ2) is 8.64. The summed E-state index contributed by atoms with van der Waals surface area (Å²) in [5.74, 6) is 1.45. The van der Waals surface area contributed by atoms with Gasteiger partial charge in [-0.3, -0.25) is 0 Å². The van der Waals surface area contributed by atoms with Crippen molar-refractivity contribution in [3.8, 4) is 11.3 Å². The molecule has 2 saturated heterocycles. The first-order valence-corrected chi connectivity index (χ1v) is 12.7. The lowest BCUT2D eigenvalue weighted by Gasteiger charge is -2.39. The molecule has 2 aliphatic heterocycles. The zero-order valence-corrected chi connectivity index (χ0v) is 21.3. The molecule has 0 bridgehead atoms. The molecule has 2 aromatic heterocycles. The van der Waals surface area contributed by atoms with E-state index in [-0.39, 0.29) is 12.4 Å². The molecule has 33 heavy (non-hydrogen) atoms. The molecule has 1 aromatic carbocycles. The molecule has 6 rings (SSSR count). The average Bonchev–Trinajstić information content (AvgIpc) is 3.41. The van der Waals surface area contributed by atoms with Crippen LogP contribution in [0.2, 0.25) is 0 Å². The van der Waals surface area contributed by atoms with Crippen molar-refractivity contribution in [2.24, 2.45) is 5.41 Å². The molecule has 0 radical (unpaired) electrons. The molecule has 0 amide bonds. The van der Waals surface area contributed by atoms with E-state index in [1.165, 1.54) is 50.6 Å². The van der Waals surface area contributed by atoms with Crippen LogP contribution in [0, 0.1) is 26.2 Å². The Morgan fingerprint density at radius 2 is 2.00 bits per heavy atom. The summed E-state index contributed by atoms with van der Waals surface area (Å²) in [4.78, 5) is 18.9. The number of halogens is 1. The van der Waals surface area contributed by atoms with Crippen molar-refractivity contribution in [3.63, 3.8) is 0 Å². The predicted octanol–water partition coefficient (Wildman–Crippen LogP) is 5.02. The molecule has 1 spiro atoms. The third-order valence-corrected chi connectivity index (χ3v) is 9.09. The van der Waals surface area contributed by atoms with Crippen LogP contribution in [-0.2, 0) is 12.8 Å². The fourth-order valence-electron chi connectivity index (χ4n) is 5.77. The number of thiazole rings is 1. The summed E-state index contributed by atoms with van der Waals surface area (Å²) >= 11 is 1.80. The minimum atomic E-state index is 0. The SMILES string of the molecule is Cc1cccc(-c2nc(N3CCC4(CNC4)C3)nc3c2CC[C@@H](c2scnc2C)C3)c1C.Cl. The Kier molecular flexibility index (Phi) is 5.96. The Balaban J connectivity index is 0.00000228. The number of fused-ring (bicyclic) bond motifs is 1. The van der Waals surface area contributed by atoms with E-state index in [0.29, 0.717) is 11.3 Å². The minimum absolute atomic E-state index is 0. The van der Waals surface area contributed by atoms with Crippen molar-refractivity contribution in [2.45, 2.75) is 52.4 Å². The van der Waals surface area contributed by atoms with Crippen LogP contribution in [0.1, 0.15) is 51.7 Å². The number of benzene rings is 1. The number of aryl methyl sites for hydroxylation is 2. The number of aromatic nitrogens is 3. The van der Waals surface area contributed by atoms with E-state index in [1.807, 2.05) is 5.51 Å². The van der Waals surface area contributed by atoms with Gasteiger partial charge in [0.25, 0.3) is 0 Å². The summed E-state index contributed by atoms with van der Waals surface area (Å²) in [6, 6.07) is 6.61. The van der Waals surface area contributed by atoms with Gasteiger partial charge in [-0.1, -0.05) is 18.2 Å². The zero-order valence-electron chi connectivity index (χ0n) is 19.6. The topological polar surface area (TPSA) is 53.9 Å². The first kappa shape index (κ1) is 22.8. The van der Waals surface area contributed by atoms with Crippen LogP contribution in [0.15, 0.2) is 23.7 Å². The van der Waals surface area contributed by atoms with E-state index in [2.05, 4.69) is 54.2 Å². The van der Waals surface area contributed by atoms with E-state index in [1.54, 1.807) is 11.3 Å². The molecule has 1 atom stereocenters. The maximum atomic E-state index is 5.25. The fraction of sp³-hybridized carbons (Fsp3) is 0.500. The smallest absolute Gasteiger partial charge is 0.226 e. The summed E-state index contributed by atoms with van der Waals surface area (Å²) < 4.78 is 0. The van der Waals surface area contributed by atoms with Crippen LogP contribution >= 0.6 is 23.7 Å². The van der Waals surface area contributed by atoms with Crippen molar-refractivity contribution in [1.29, 1.82) is 0 Å². The van der Waals surface area contributed by atoms with Gasteiger partial charge in [0.1, 0.15) is 0 Å². The van der Waals surface area contributed by atoms with Crippen LogP contribution in [0.5, 0.6) is 0 Å². The molecule has 2 fully saturated rings. The van der Waals surface area contributed by atoms with Gasteiger partial charge < -0.3 is 10.2 Å². The van der Waals surface area contributed by atoms with E-state index in [9.17, 15) is 0 Å². The standard InChI is InChI=1S/C26H31N5S.ClH/c1-16-5-4-6-20(17(16)2)23-21-8-7-19(24-18(3)28-15-32-24)11-22(21)29-25(30-23)31-10-9-26(14-31)12-27-13-26;/h4-6,15,19,27H,7-14H2,1-3H3;1H/t19-;/m1./s1.